The van der Waals surface area contributed by atoms with E-state index >= 15 is 0 Å². The van der Waals surface area contributed by atoms with Crippen LogP contribution in [0.25, 0.3) is 22.4 Å². The van der Waals surface area contributed by atoms with Crippen molar-refractivity contribution in [3.63, 3.8) is 0 Å². The second kappa shape index (κ2) is 8.20. The van der Waals surface area contributed by atoms with Crippen LogP contribution in [0.2, 0.25) is 0 Å². The number of hydrogen-bond acceptors (Lipinski definition) is 5. The van der Waals surface area contributed by atoms with Gasteiger partial charge in [-0.05, 0) is 44.0 Å². The van der Waals surface area contributed by atoms with Gasteiger partial charge in [-0.1, -0.05) is 36.4 Å². The van der Waals surface area contributed by atoms with Crippen molar-refractivity contribution >= 4 is 17.0 Å². The molecule has 6 heteroatoms. The molecule has 1 aromatic heterocycles. The molecule has 6 rings (SSSR count). The Balaban J connectivity index is 1.47. The molecular weight excluding hydrogens is 376 g/mol. The number of hydrogen-bond donors (Lipinski definition) is 1. The number of para-hydroxylation sites is 1. The van der Waals surface area contributed by atoms with Crippen LogP contribution in [0.4, 0.5) is 0 Å². The Labute approximate surface area is 176 Å². The van der Waals surface area contributed by atoms with Gasteiger partial charge in [0.1, 0.15) is 5.82 Å². The van der Waals surface area contributed by atoms with Gasteiger partial charge in [0.05, 0.1) is 23.7 Å². The fraction of sp³-hybridized carbons (Fsp3) is 0.417. The van der Waals surface area contributed by atoms with E-state index in [1.165, 1.54) is 33.0 Å². The lowest BCUT2D eigenvalue weighted by Gasteiger charge is -2.45. The van der Waals surface area contributed by atoms with Crippen molar-refractivity contribution in [2.45, 2.75) is 25.4 Å². The van der Waals surface area contributed by atoms with E-state index < -0.39 is 0 Å². The number of fused-ring (bicyclic) bond motifs is 4. The number of carbonyl (C=O) groups excluding carboxylic acids is 1. The first-order chi connectivity index (χ1) is 14.7. The zero-order valence-electron chi connectivity index (χ0n) is 17.4. The monoisotopic (exact) mass is 404 g/mol. The number of nitrogens with one attached hydrogen (secondary N) is 1. The predicted octanol–water partition coefficient (Wildman–Crippen LogP) is 3.17. The molecule has 2 aromatic carbocycles. The first-order valence-electron chi connectivity index (χ1n) is 10.8. The standard InChI is InChI=1S/C24H28N4O2/c1-30-24(29)19-8-5-9-20-22(19)28(23(26-20)18-6-3-2-4-7-18)15-12-25-21-16-27-13-10-17(21)11-14-27/h2-9,17,21,25H,10-16H2,1H3/t21-/m1/s1. The Morgan fingerprint density at radius 2 is 1.93 bits per heavy atom. The molecule has 3 aromatic rings. The molecule has 1 atom stereocenters. The van der Waals surface area contributed by atoms with E-state index in [1.54, 1.807) is 0 Å². The van der Waals surface area contributed by atoms with Crippen molar-refractivity contribution in [1.29, 1.82) is 0 Å². The number of imidazole rings is 1. The molecule has 0 radical (unpaired) electrons. The molecule has 0 saturated carbocycles. The van der Waals surface area contributed by atoms with Crippen LogP contribution in [0.5, 0.6) is 0 Å². The molecule has 2 bridgehead atoms. The quantitative estimate of drug-likeness (QED) is 0.640. The lowest BCUT2D eigenvalue weighted by molar-refractivity contribution is 0.0602. The lowest BCUT2D eigenvalue weighted by Crippen LogP contribution is -2.56. The molecule has 1 N–H and O–H groups in total. The molecule has 6 nitrogen and oxygen atoms in total. The highest BCUT2D eigenvalue weighted by molar-refractivity contribution is 6.03. The number of aromatic nitrogens is 2. The number of esters is 1. The maximum atomic E-state index is 12.4. The molecule has 0 unspecified atom stereocenters. The van der Waals surface area contributed by atoms with Crippen LogP contribution in [0.15, 0.2) is 48.5 Å². The molecule has 30 heavy (non-hydrogen) atoms. The smallest absolute Gasteiger partial charge is 0.340 e. The Hall–Kier alpha value is -2.70. The summed E-state index contributed by atoms with van der Waals surface area (Å²) in [6, 6.07) is 16.4. The Kier molecular flexibility index (Phi) is 5.27. The first kappa shape index (κ1) is 19.3. The zero-order valence-corrected chi connectivity index (χ0v) is 17.4. The highest BCUT2D eigenvalue weighted by atomic mass is 16.5. The average molecular weight is 405 g/mol. The summed E-state index contributed by atoms with van der Waals surface area (Å²) in [6.07, 6.45) is 2.60. The summed E-state index contributed by atoms with van der Waals surface area (Å²) in [7, 11) is 1.43. The van der Waals surface area contributed by atoms with Crippen molar-refractivity contribution in [1.82, 2.24) is 19.8 Å². The van der Waals surface area contributed by atoms with E-state index in [9.17, 15) is 4.79 Å². The predicted molar refractivity (Wildman–Crippen MR) is 117 cm³/mol. The summed E-state index contributed by atoms with van der Waals surface area (Å²) in [5, 5.41) is 3.79. The largest absolute Gasteiger partial charge is 0.465 e. The minimum absolute atomic E-state index is 0.327. The van der Waals surface area contributed by atoms with Crippen molar-refractivity contribution in [3.8, 4) is 11.4 Å². The van der Waals surface area contributed by atoms with Gasteiger partial charge in [0, 0.05) is 31.2 Å². The summed E-state index contributed by atoms with van der Waals surface area (Å²) < 4.78 is 7.22. The molecule has 0 amide bonds. The lowest BCUT2D eigenvalue weighted by atomic mass is 9.84. The van der Waals surface area contributed by atoms with Crippen molar-refractivity contribution in [2.75, 3.05) is 33.3 Å². The third-order valence-corrected chi connectivity index (χ3v) is 6.60. The number of methoxy groups -OCH3 is 1. The minimum atomic E-state index is -0.327. The van der Waals surface area contributed by atoms with Gasteiger partial charge in [0.15, 0.2) is 0 Å². The number of carbonyl (C=O) groups is 1. The molecule has 0 aliphatic carbocycles. The van der Waals surface area contributed by atoms with Gasteiger partial charge in [-0.3, -0.25) is 0 Å². The molecule has 156 valence electrons. The first-order valence-corrected chi connectivity index (χ1v) is 10.8. The maximum Gasteiger partial charge on any atom is 0.340 e. The van der Waals surface area contributed by atoms with Crippen LogP contribution >= 0.6 is 0 Å². The van der Waals surface area contributed by atoms with Gasteiger partial charge in [-0.2, -0.15) is 0 Å². The Morgan fingerprint density at radius 1 is 1.13 bits per heavy atom. The van der Waals surface area contributed by atoms with Crippen molar-refractivity contribution in [3.05, 3.63) is 54.1 Å². The zero-order chi connectivity index (χ0) is 20.5. The van der Waals surface area contributed by atoms with Crippen molar-refractivity contribution < 1.29 is 9.53 Å². The van der Waals surface area contributed by atoms with Gasteiger partial charge in [0.2, 0.25) is 0 Å². The van der Waals surface area contributed by atoms with Crippen LogP contribution in [0.3, 0.4) is 0 Å². The van der Waals surface area contributed by atoms with Crippen LogP contribution in [0, 0.1) is 5.92 Å². The molecule has 3 aliphatic heterocycles. The van der Waals surface area contributed by atoms with E-state index in [0.717, 1.165) is 48.0 Å². The van der Waals surface area contributed by atoms with Crippen LogP contribution < -0.4 is 5.32 Å². The topological polar surface area (TPSA) is 59.4 Å². The van der Waals surface area contributed by atoms with E-state index in [-0.39, 0.29) is 5.97 Å². The third-order valence-electron chi connectivity index (χ3n) is 6.60. The van der Waals surface area contributed by atoms with Crippen molar-refractivity contribution in [2.24, 2.45) is 5.92 Å². The summed E-state index contributed by atoms with van der Waals surface area (Å²) in [5.74, 6) is 1.35. The number of ether oxygens (including phenoxy) is 1. The fourth-order valence-corrected chi connectivity index (χ4v) is 5.04. The highest BCUT2D eigenvalue weighted by Gasteiger charge is 2.33. The van der Waals surface area contributed by atoms with Crippen LogP contribution in [-0.4, -0.2) is 59.8 Å². The molecule has 0 spiro atoms. The van der Waals surface area contributed by atoms with E-state index in [0.29, 0.717) is 11.6 Å². The highest BCUT2D eigenvalue weighted by Crippen LogP contribution is 2.29. The Bertz CT molecular complexity index is 1040. The molecule has 3 fully saturated rings. The van der Waals surface area contributed by atoms with Gasteiger partial charge >= 0.3 is 5.97 Å². The fourth-order valence-electron chi connectivity index (χ4n) is 5.04. The van der Waals surface area contributed by atoms with Gasteiger partial charge < -0.3 is 19.5 Å². The maximum absolute atomic E-state index is 12.4. The van der Waals surface area contributed by atoms with E-state index in [2.05, 4.69) is 26.9 Å². The minimum Gasteiger partial charge on any atom is -0.465 e. The number of rotatable bonds is 6. The SMILES string of the molecule is COC(=O)c1cccc2nc(-c3ccccc3)n(CCN[C@@H]3CN4CCC3CC4)c12. The summed E-state index contributed by atoms with van der Waals surface area (Å²) >= 11 is 0. The third kappa shape index (κ3) is 3.50. The second-order valence-corrected chi connectivity index (χ2v) is 8.32. The molecule has 4 heterocycles. The molecular formula is C24H28N4O2. The van der Waals surface area contributed by atoms with Gasteiger partial charge in [0.25, 0.3) is 0 Å². The number of benzene rings is 2. The Morgan fingerprint density at radius 3 is 2.63 bits per heavy atom. The summed E-state index contributed by atoms with van der Waals surface area (Å²) in [5.41, 5.74) is 3.28. The van der Waals surface area contributed by atoms with Gasteiger partial charge in [-0.15, -0.1) is 0 Å². The van der Waals surface area contributed by atoms with E-state index in [4.69, 9.17) is 9.72 Å². The summed E-state index contributed by atoms with van der Waals surface area (Å²) in [6.45, 7) is 5.23. The number of nitrogens with zero attached hydrogens (tertiary/aromatic N) is 3. The summed E-state index contributed by atoms with van der Waals surface area (Å²) in [4.78, 5) is 19.9. The van der Waals surface area contributed by atoms with Crippen LogP contribution in [-0.2, 0) is 11.3 Å². The van der Waals surface area contributed by atoms with E-state index in [1.807, 2.05) is 36.4 Å². The molecule has 3 saturated heterocycles. The second-order valence-electron chi connectivity index (χ2n) is 8.32. The average Bonchev–Trinajstić information content (AvgIpc) is 3.19. The molecule has 3 aliphatic rings. The number of piperidine rings is 3. The van der Waals surface area contributed by atoms with Crippen LogP contribution in [0.1, 0.15) is 23.2 Å². The normalized spacial score (nSPS) is 23.0. The van der Waals surface area contributed by atoms with Gasteiger partial charge in [-0.25, -0.2) is 9.78 Å².